The van der Waals surface area contributed by atoms with Gasteiger partial charge < -0.3 is 5.73 Å². The maximum atomic E-state index is 6.44. The van der Waals surface area contributed by atoms with Crippen molar-refractivity contribution in [1.29, 1.82) is 0 Å². The molecule has 112 valence electrons. The minimum absolute atomic E-state index is 0.317. The van der Waals surface area contributed by atoms with Gasteiger partial charge in [0.25, 0.3) is 0 Å². The Morgan fingerprint density at radius 1 is 1.00 bits per heavy atom. The lowest BCUT2D eigenvalue weighted by atomic mass is 9.84. The fourth-order valence-electron chi connectivity index (χ4n) is 3.61. The minimum Gasteiger partial charge on any atom is -0.326 e. The molecule has 3 nitrogen and oxygen atoms in total. The van der Waals surface area contributed by atoms with E-state index in [-0.39, 0.29) is 0 Å². The Morgan fingerprint density at radius 2 is 1.58 bits per heavy atom. The summed E-state index contributed by atoms with van der Waals surface area (Å²) in [6, 6.07) is 0.404. The molecule has 19 heavy (non-hydrogen) atoms. The van der Waals surface area contributed by atoms with Crippen LogP contribution in [0.1, 0.15) is 52.9 Å². The summed E-state index contributed by atoms with van der Waals surface area (Å²) in [6.07, 6.45) is 6.95. The van der Waals surface area contributed by atoms with Crippen LogP contribution in [0.5, 0.6) is 0 Å². The molecule has 0 aromatic carbocycles. The molecule has 3 heteroatoms. The first-order valence-corrected chi connectivity index (χ1v) is 8.20. The van der Waals surface area contributed by atoms with E-state index in [9.17, 15) is 0 Å². The molecule has 0 amide bonds. The summed E-state index contributed by atoms with van der Waals surface area (Å²) in [5, 5.41) is 0. The van der Waals surface area contributed by atoms with Crippen LogP contribution in [0.3, 0.4) is 0 Å². The standard InChI is InChI=1S/C16H33N3/c1-16(2,3)19-11-9-18(10-12-19)13-15(17)14-7-5-4-6-8-14/h14-15H,4-13,17H2,1-3H3. The van der Waals surface area contributed by atoms with Crippen molar-refractivity contribution in [2.24, 2.45) is 11.7 Å². The molecule has 2 fully saturated rings. The second-order valence-corrected chi connectivity index (χ2v) is 7.52. The third-order valence-electron chi connectivity index (χ3n) is 5.05. The summed E-state index contributed by atoms with van der Waals surface area (Å²) >= 11 is 0. The summed E-state index contributed by atoms with van der Waals surface area (Å²) in [6.45, 7) is 12.8. The predicted octanol–water partition coefficient (Wildman–Crippen LogP) is 2.31. The molecule has 0 aromatic rings. The van der Waals surface area contributed by atoms with E-state index in [1.54, 1.807) is 0 Å². The number of piperazine rings is 1. The maximum Gasteiger partial charge on any atom is 0.0196 e. The average molecular weight is 267 g/mol. The number of nitrogens with zero attached hydrogens (tertiary/aromatic N) is 2. The van der Waals surface area contributed by atoms with Crippen molar-refractivity contribution >= 4 is 0 Å². The molecule has 1 saturated heterocycles. The van der Waals surface area contributed by atoms with Gasteiger partial charge in [-0.05, 0) is 39.5 Å². The summed E-state index contributed by atoms with van der Waals surface area (Å²) < 4.78 is 0. The van der Waals surface area contributed by atoms with Crippen LogP contribution in [0, 0.1) is 5.92 Å². The van der Waals surface area contributed by atoms with Gasteiger partial charge in [0, 0.05) is 44.3 Å². The molecule has 1 aliphatic heterocycles. The molecule has 0 spiro atoms. The van der Waals surface area contributed by atoms with Gasteiger partial charge in [0.1, 0.15) is 0 Å². The zero-order chi connectivity index (χ0) is 13.9. The third-order valence-corrected chi connectivity index (χ3v) is 5.05. The molecule has 0 bridgehead atoms. The van der Waals surface area contributed by atoms with Crippen LogP contribution >= 0.6 is 0 Å². The molecule has 1 aliphatic carbocycles. The Morgan fingerprint density at radius 3 is 2.11 bits per heavy atom. The quantitative estimate of drug-likeness (QED) is 0.852. The normalized spacial score (nSPS) is 26.5. The van der Waals surface area contributed by atoms with Crippen molar-refractivity contribution < 1.29 is 0 Å². The van der Waals surface area contributed by atoms with Crippen molar-refractivity contribution in [2.75, 3.05) is 32.7 Å². The van der Waals surface area contributed by atoms with E-state index in [2.05, 4.69) is 30.6 Å². The first-order chi connectivity index (χ1) is 8.97. The molecule has 0 aromatic heterocycles. The summed E-state index contributed by atoms with van der Waals surface area (Å²) in [5.74, 6) is 0.786. The van der Waals surface area contributed by atoms with Gasteiger partial charge in [0.15, 0.2) is 0 Å². The predicted molar refractivity (Wildman–Crippen MR) is 82.3 cm³/mol. The van der Waals surface area contributed by atoms with Crippen LogP contribution in [0.4, 0.5) is 0 Å². The van der Waals surface area contributed by atoms with Crippen molar-refractivity contribution in [3.05, 3.63) is 0 Å². The Labute approximate surface area is 119 Å². The Hall–Kier alpha value is -0.120. The number of rotatable bonds is 3. The molecular weight excluding hydrogens is 234 g/mol. The van der Waals surface area contributed by atoms with Crippen LogP contribution in [0.2, 0.25) is 0 Å². The molecule has 2 aliphatic rings. The fourth-order valence-corrected chi connectivity index (χ4v) is 3.61. The Balaban J connectivity index is 1.73. The van der Waals surface area contributed by atoms with Crippen LogP contribution in [0.25, 0.3) is 0 Å². The van der Waals surface area contributed by atoms with Gasteiger partial charge in [-0.15, -0.1) is 0 Å². The average Bonchev–Trinajstić information content (AvgIpc) is 2.39. The minimum atomic E-state index is 0.317. The molecule has 0 radical (unpaired) electrons. The van der Waals surface area contributed by atoms with Gasteiger partial charge in [-0.25, -0.2) is 0 Å². The highest BCUT2D eigenvalue weighted by atomic mass is 15.3. The van der Waals surface area contributed by atoms with E-state index < -0.39 is 0 Å². The van der Waals surface area contributed by atoms with E-state index in [1.807, 2.05) is 0 Å². The first-order valence-electron chi connectivity index (χ1n) is 8.20. The lowest BCUT2D eigenvalue weighted by molar-refractivity contribution is 0.0556. The SMILES string of the molecule is CC(C)(C)N1CCN(CC(N)C2CCCCC2)CC1. The van der Waals surface area contributed by atoms with E-state index in [0.717, 1.165) is 12.5 Å². The lowest BCUT2D eigenvalue weighted by Crippen LogP contribution is -2.55. The molecule has 1 saturated carbocycles. The van der Waals surface area contributed by atoms with Crippen molar-refractivity contribution in [3.63, 3.8) is 0 Å². The molecule has 1 atom stereocenters. The lowest BCUT2D eigenvalue weighted by Gasteiger charge is -2.43. The van der Waals surface area contributed by atoms with Crippen LogP contribution in [0.15, 0.2) is 0 Å². The third kappa shape index (κ3) is 4.44. The summed E-state index contributed by atoms with van der Waals surface area (Å²) in [7, 11) is 0. The zero-order valence-corrected chi connectivity index (χ0v) is 13.2. The van der Waals surface area contributed by atoms with Gasteiger partial charge in [-0.3, -0.25) is 9.80 Å². The first kappa shape index (κ1) is 15.3. The number of hydrogen-bond donors (Lipinski definition) is 1. The van der Waals surface area contributed by atoms with Gasteiger partial charge in [0.2, 0.25) is 0 Å². The smallest absolute Gasteiger partial charge is 0.0196 e. The zero-order valence-electron chi connectivity index (χ0n) is 13.2. The monoisotopic (exact) mass is 267 g/mol. The Bertz CT molecular complexity index is 258. The van der Waals surface area contributed by atoms with Gasteiger partial charge in [0.05, 0.1) is 0 Å². The second kappa shape index (κ2) is 6.55. The van der Waals surface area contributed by atoms with Gasteiger partial charge in [-0.1, -0.05) is 19.3 Å². The molecular formula is C16H33N3. The molecule has 2 rings (SSSR count). The van der Waals surface area contributed by atoms with Crippen LogP contribution < -0.4 is 5.73 Å². The van der Waals surface area contributed by atoms with Gasteiger partial charge in [-0.2, -0.15) is 0 Å². The van der Waals surface area contributed by atoms with Crippen molar-refractivity contribution in [3.8, 4) is 0 Å². The Kier molecular flexibility index (Phi) is 5.27. The van der Waals surface area contributed by atoms with Crippen LogP contribution in [-0.2, 0) is 0 Å². The maximum absolute atomic E-state index is 6.44. The fraction of sp³-hybridized carbons (Fsp3) is 1.00. The van der Waals surface area contributed by atoms with Crippen molar-refractivity contribution in [1.82, 2.24) is 9.80 Å². The highest BCUT2D eigenvalue weighted by Crippen LogP contribution is 2.26. The van der Waals surface area contributed by atoms with Crippen LogP contribution in [-0.4, -0.2) is 54.1 Å². The molecule has 2 N–H and O–H groups in total. The topological polar surface area (TPSA) is 32.5 Å². The summed E-state index contributed by atoms with van der Waals surface area (Å²) in [5.41, 5.74) is 6.76. The number of nitrogens with two attached hydrogens (primary N) is 1. The number of hydrogen-bond acceptors (Lipinski definition) is 3. The molecule has 1 heterocycles. The van der Waals surface area contributed by atoms with E-state index in [1.165, 1.54) is 58.3 Å². The van der Waals surface area contributed by atoms with E-state index >= 15 is 0 Å². The van der Waals surface area contributed by atoms with Crippen molar-refractivity contribution in [2.45, 2.75) is 64.5 Å². The van der Waals surface area contributed by atoms with E-state index in [4.69, 9.17) is 5.73 Å². The van der Waals surface area contributed by atoms with Gasteiger partial charge >= 0.3 is 0 Å². The largest absolute Gasteiger partial charge is 0.326 e. The highest BCUT2D eigenvalue weighted by Gasteiger charge is 2.28. The highest BCUT2D eigenvalue weighted by molar-refractivity contribution is 4.85. The van der Waals surface area contributed by atoms with E-state index in [0.29, 0.717) is 11.6 Å². The summed E-state index contributed by atoms with van der Waals surface area (Å²) in [4.78, 5) is 5.18. The molecule has 1 unspecified atom stereocenters. The second-order valence-electron chi connectivity index (χ2n) is 7.52.